The molecule has 0 amide bonds. The third-order valence-corrected chi connectivity index (χ3v) is 5.25. The van der Waals surface area contributed by atoms with Gasteiger partial charge in [-0.05, 0) is 37.8 Å². The number of nitrogens with one attached hydrogen (secondary N) is 1. The molecule has 0 fully saturated rings. The Kier molecular flexibility index (Phi) is 7.14. The number of aryl methyl sites for hydroxylation is 2. The third kappa shape index (κ3) is 4.95. The zero-order valence-corrected chi connectivity index (χ0v) is 17.5. The smallest absolute Gasteiger partial charge is 0.345 e. The van der Waals surface area contributed by atoms with Crippen molar-refractivity contribution in [2.45, 2.75) is 52.2 Å². The summed E-state index contributed by atoms with van der Waals surface area (Å²) in [5, 5.41) is 8.56. The molecule has 8 heteroatoms. The molecule has 1 aliphatic rings. The minimum atomic E-state index is 0.0152. The van der Waals surface area contributed by atoms with Crippen LogP contribution in [0, 0.1) is 0 Å². The highest BCUT2D eigenvalue weighted by molar-refractivity contribution is 6.31. The van der Waals surface area contributed by atoms with E-state index >= 15 is 0 Å². The predicted octanol–water partition coefficient (Wildman–Crippen LogP) is 2.52. The maximum absolute atomic E-state index is 12.4. The Labute approximate surface area is 171 Å². The van der Waals surface area contributed by atoms with Crippen LogP contribution in [0.4, 0.5) is 0 Å². The number of fused-ring (bicyclic) bond motifs is 1. The van der Waals surface area contributed by atoms with Crippen LogP contribution in [-0.4, -0.2) is 45.3 Å². The van der Waals surface area contributed by atoms with Crippen LogP contribution in [-0.2, 0) is 26.1 Å². The number of nitrogens with zero attached hydrogens (tertiary/aromatic N) is 5. The summed E-state index contributed by atoms with van der Waals surface area (Å²) in [4.78, 5) is 19.1. The van der Waals surface area contributed by atoms with Crippen molar-refractivity contribution < 1.29 is 0 Å². The summed E-state index contributed by atoms with van der Waals surface area (Å²) in [7, 11) is 2.00. The zero-order valence-electron chi connectivity index (χ0n) is 16.7. The van der Waals surface area contributed by atoms with Crippen LogP contribution < -0.4 is 11.0 Å². The summed E-state index contributed by atoms with van der Waals surface area (Å²) in [6.07, 6.45) is 3.85. The Morgan fingerprint density at radius 2 is 2.18 bits per heavy atom. The number of aromatic nitrogens is 3. The monoisotopic (exact) mass is 404 g/mol. The summed E-state index contributed by atoms with van der Waals surface area (Å²) >= 11 is 6.27. The first-order chi connectivity index (χ1) is 13.6. The van der Waals surface area contributed by atoms with Gasteiger partial charge in [-0.2, -0.15) is 5.10 Å². The topological polar surface area (TPSA) is 67.5 Å². The van der Waals surface area contributed by atoms with Gasteiger partial charge in [0.2, 0.25) is 0 Å². The molecule has 0 spiro atoms. The number of guanidine groups is 1. The Balaban J connectivity index is 1.58. The maximum atomic E-state index is 12.4. The van der Waals surface area contributed by atoms with Crippen molar-refractivity contribution in [2.75, 3.05) is 20.1 Å². The minimum absolute atomic E-state index is 0.0152. The van der Waals surface area contributed by atoms with Crippen LogP contribution >= 0.6 is 11.6 Å². The van der Waals surface area contributed by atoms with E-state index in [9.17, 15) is 4.79 Å². The van der Waals surface area contributed by atoms with Gasteiger partial charge in [-0.1, -0.05) is 29.8 Å². The first-order valence-electron chi connectivity index (χ1n) is 9.99. The number of rotatable bonds is 7. The van der Waals surface area contributed by atoms with Crippen molar-refractivity contribution in [1.29, 1.82) is 0 Å². The second kappa shape index (κ2) is 9.78. The van der Waals surface area contributed by atoms with Gasteiger partial charge >= 0.3 is 5.69 Å². The summed E-state index contributed by atoms with van der Waals surface area (Å²) in [6.45, 7) is 5.54. The average Bonchev–Trinajstić information content (AvgIpc) is 3.02. The summed E-state index contributed by atoms with van der Waals surface area (Å²) < 4.78 is 3.41. The van der Waals surface area contributed by atoms with Crippen LogP contribution in [0.2, 0.25) is 5.02 Å². The molecule has 28 heavy (non-hydrogen) atoms. The molecule has 0 atom stereocenters. The van der Waals surface area contributed by atoms with Crippen LogP contribution in [0.25, 0.3) is 0 Å². The predicted molar refractivity (Wildman–Crippen MR) is 113 cm³/mol. The fourth-order valence-electron chi connectivity index (χ4n) is 3.43. The molecule has 152 valence electrons. The van der Waals surface area contributed by atoms with Crippen molar-refractivity contribution in [3.05, 3.63) is 51.2 Å². The Morgan fingerprint density at radius 1 is 1.36 bits per heavy atom. The van der Waals surface area contributed by atoms with Crippen molar-refractivity contribution in [3.8, 4) is 0 Å². The van der Waals surface area contributed by atoms with Gasteiger partial charge < -0.3 is 10.2 Å². The molecule has 0 saturated heterocycles. The van der Waals surface area contributed by atoms with E-state index in [0.717, 1.165) is 61.1 Å². The molecule has 2 aromatic rings. The van der Waals surface area contributed by atoms with E-state index in [1.807, 2.05) is 42.8 Å². The fraction of sp³-hybridized carbons (Fsp3) is 0.550. The molecule has 1 aliphatic heterocycles. The number of benzene rings is 1. The summed E-state index contributed by atoms with van der Waals surface area (Å²) in [5.74, 6) is 1.76. The second-order valence-electron chi connectivity index (χ2n) is 7.07. The number of halogens is 1. The SMILES string of the molecule is CCNC(=NCCCn1nc2n(c1=O)CCCC2)N(C)Cc1ccccc1Cl. The molecular weight excluding hydrogens is 376 g/mol. The van der Waals surface area contributed by atoms with Gasteiger partial charge in [0.15, 0.2) is 5.96 Å². The Morgan fingerprint density at radius 3 is 2.93 bits per heavy atom. The van der Waals surface area contributed by atoms with E-state index in [1.165, 1.54) is 0 Å². The molecule has 0 bridgehead atoms. The van der Waals surface area contributed by atoms with Crippen molar-refractivity contribution in [3.63, 3.8) is 0 Å². The molecule has 3 rings (SSSR count). The zero-order chi connectivity index (χ0) is 19.9. The normalized spacial score (nSPS) is 14.0. The van der Waals surface area contributed by atoms with Gasteiger partial charge in [-0.15, -0.1) is 0 Å². The standard InChI is InChI=1S/C20H29ClN6O/c1-3-22-19(25(2)15-16-9-4-5-10-17(16)21)23-12-8-14-27-20(28)26-13-7-6-11-18(26)24-27/h4-5,9-10H,3,6-8,11-15H2,1-2H3,(H,22,23). The van der Waals surface area contributed by atoms with E-state index in [0.29, 0.717) is 19.6 Å². The molecule has 2 heterocycles. The van der Waals surface area contributed by atoms with E-state index < -0.39 is 0 Å². The molecule has 0 saturated carbocycles. The van der Waals surface area contributed by atoms with Crippen LogP contribution in [0.5, 0.6) is 0 Å². The molecule has 0 radical (unpaired) electrons. The molecule has 7 nitrogen and oxygen atoms in total. The Bertz CT molecular complexity index is 872. The van der Waals surface area contributed by atoms with E-state index in [1.54, 1.807) is 4.68 Å². The first-order valence-corrected chi connectivity index (χ1v) is 10.4. The highest BCUT2D eigenvalue weighted by Gasteiger charge is 2.16. The fourth-order valence-corrected chi connectivity index (χ4v) is 3.62. The quantitative estimate of drug-likeness (QED) is 0.437. The maximum Gasteiger partial charge on any atom is 0.345 e. The highest BCUT2D eigenvalue weighted by atomic mass is 35.5. The average molecular weight is 405 g/mol. The van der Waals surface area contributed by atoms with Crippen LogP contribution in [0.1, 0.15) is 37.6 Å². The molecule has 0 aliphatic carbocycles. The third-order valence-electron chi connectivity index (χ3n) is 4.88. The van der Waals surface area contributed by atoms with Gasteiger partial charge in [-0.3, -0.25) is 9.56 Å². The van der Waals surface area contributed by atoms with E-state index in [2.05, 4.69) is 15.3 Å². The van der Waals surface area contributed by atoms with Crippen molar-refractivity contribution in [2.24, 2.45) is 4.99 Å². The van der Waals surface area contributed by atoms with Gasteiger partial charge in [0, 0.05) is 51.2 Å². The van der Waals surface area contributed by atoms with Gasteiger partial charge in [0.1, 0.15) is 5.82 Å². The van der Waals surface area contributed by atoms with Gasteiger partial charge in [0.25, 0.3) is 0 Å². The van der Waals surface area contributed by atoms with E-state index in [-0.39, 0.29) is 5.69 Å². The van der Waals surface area contributed by atoms with Gasteiger partial charge in [0.05, 0.1) is 0 Å². The van der Waals surface area contributed by atoms with Crippen molar-refractivity contribution >= 4 is 17.6 Å². The molecule has 1 aromatic heterocycles. The first kappa shape index (κ1) is 20.5. The van der Waals surface area contributed by atoms with Gasteiger partial charge in [-0.25, -0.2) is 9.48 Å². The molecule has 1 N–H and O–H groups in total. The lowest BCUT2D eigenvalue weighted by molar-refractivity contribution is 0.474. The Hall–Kier alpha value is -2.28. The number of aliphatic imine (C=N–C) groups is 1. The minimum Gasteiger partial charge on any atom is -0.357 e. The lowest BCUT2D eigenvalue weighted by atomic mass is 10.2. The van der Waals surface area contributed by atoms with Crippen molar-refractivity contribution in [1.82, 2.24) is 24.6 Å². The molecular formula is C20H29ClN6O. The largest absolute Gasteiger partial charge is 0.357 e. The number of hydrogen-bond donors (Lipinski definition) is 1. The summed E-state index contributed by atoms with van der Waals surface area (Å²) in [5.41, 5.74) is 1.08. The van der Waals surface area contributed by atoms with Crippen LogP contribution in [0.15, 0.2) is 34.1 Å². The van der Waals surface area contributed by atoms with E-state index in [4.69, 9.17) is 16.6 Å². The number of hydrogen-bond acceptors (Lipinski definition) is 3. The highest BCUT2D eigenvalue weighted by Crippen LogP contribution is 2.16. The summed E-state index contributed by atoms with van der Waals surface area (Å²) in [6, 6.07) is 7.84. The van der Waals surface area contributed by atoms with Crippen LogP contribution in [0.3, 0.4) is 0 Å². The molecule has 0 unspecified atom stereocenters. The second-order valence-corrected chi connectivity index (χ2v) is 7.47. The lowest BCUT2D eigenvalue weighted by Gasteiger charge is -2.22. The lowest BCUT2D eigenvalue weighted by Crippen LogP contribution is -2.38. The molecule has 1 aromatic carbocycles.